The van der Waals surface area contributed by atoms with Crippen molar-refractivity contribution in [1.29, 1.82) is 0 Å². The zero-order chi connectivity index (χ0) is 10.7. The molecule has 0 spiro atoms. The second-order valence-corrected chi connectivity index (χ2v) is 2.61. The number of hydrogen-bond donors (Lipinski definition) is 0. The van der Waals surface area contributed by atoms with Gasteiger partial charge < -0.3 is 4.74 Å². The molecule has 74 valence electrons. The number of nitrogens with zero attached hydrogens (tertiary/aromatic N) is 1. The maximum atomic E-state index is 13.1. The average molecular weight is 197 g/mol. The molecule has 0 aliphatic carbocycles. The predicted molar refractivity (Wildman–Crippen MR) is 48.6 cm³/mol. The largest absolute Gasteiger partial charge is 0.463 e. The summed E-state index contributed by atoms with van der Waals surface area (Å²) >= 11 is 0. The second-order valence-electron chi connectivity index (χ2n) is 2.61. The molecule has 0 heterocycles. The maximum Gasteiger partial charge on any atom is 0.275 e. The van der Waals surface area contributed by atoms with Crippen LogP contribution in [0, 0.1) is 22.9 Å². The van der Waals surface area contributed by atoms with Crippen molar-refractivity contribution < 1.29 is 14.1 Å². The number of rotatable bonds is 3. The van der Waals surface area contributed by atoms with Crippen LogP contribution >= 0.6 is 0 Å². The number of nitro groups is 1. The van der Waals surface area contributed by atoms with Crippen LogP contribution in [0.4, 0.5) is 10.1 Å². The van der Waals surface area contributed by atoms with Gasteiger partial charge in [0.05, 0.1) is 17.3 Å². The smallest absolute Gasteiger partial charge is 0.275 e. The normalized spacial score (nSPS) is 9.57. The first-order valence-electron chi connectivity index (χ1n) is 3.78. The third kappa shape index (κ3) is 1.87. The Balaban J connectivity index is 3.23. The zero-order valence-corrected chi connectivity index (χ0v) is 7.49. The molecular weight excluding hydrogens is 189 g/mol. The minimum atomic E-state index is -0.776. The van der Waals surface area contributed by atoms with Crippen molar-refractivity contribution >= 4 is 5.69 Å². The summed E-state index contributed by atoms with van der Waals surface area (Å²) in [6.45, 7) is 4.77. The van der Waals surface area contributed by atoms with Gasteiger partial charge in [-0.3, -0.25) is 10.1 Å². The molecule has 0 aromatic heterocycles. The van der Waals surface area contributed by atoms with Crippen molar-refractivity contribution in [3.63, 3.8) is 0 Å². The molecule has 0 amide bonds. The number of ether oxygens (including phenoxy) is 1. The van der Waals surface area contributed by atoms with E-state index in [1.807, 2.05) is 0 Å². The summed E-state index contributed by atoms with van der Waals surface area (Å²) in [4.78, 5) is 9.78. The van der Waals surface area contributed by atoms with Crippen molar-refractivity contribution in [1.82, 2.24) is 0 Å². The second kappa shape index (κ2) is 3.87. The van der Waals surface area contributed by atoms with Crippen molar-refractivity contribution in [3.8, 4) is 5.75 Å². The summed E-state index contributed by atoms with van der Waals surface area (Å²) in [5, 5.41) is 10.4. The van der Waals surface area contributed by atoms with E-state index in [-0.39, 0.29) is 11.4 Å². The fourth-order valence-corrected chi connectivity index (χ4v) is 1.02. The van der Waals surface area contributed by atoms with E-state index in [9.17, 15) is 14.5 Å². The van der Waals surface area contributed by atoms with E-state index in [1.54, 1.807) is 0 Å². The van der Waals surface area contributed by atoms with Crippen molar-refractivity contribution in [2.45, 2.75) is 6.92 Å². The van der Waals surface area contributed by atoms with Gasteiger partial charge in [-0.15, -0.1) is 0 Å². The Morgan fingerprint density at radius 3 is 2.79 bits per heavy atom. The van der Waals surface area contributed by atoms with Crippen LogP contribution in [0.3, 0.4) is 0 Å². The van der Waals surface area contributed by atoms with E-state index in [0.29, 0.717) is 5.56 Å². The fraction of sp³-hybridized carbons (Fsp3) is 0.111. The summed E-state index contributed by atoms with van der Waals surface area (Å²) in [6.07, 6.45) is 1.06. The molecule has 0 atom stereocenters. The van der Waals surface area contributed by atoms with Crippen LogP contribution in [0.5, 0.6) is 5.75 Å². The Labute approximate surface area is 79.8 Å². The molecule has 0 radical (unpaired) electrons. The molecule has 0 bridgehead atoms. The van der Waals surface area contributed by atoms with E-state index in [0.717, 1.165) is 12.3 Å². The molecule has 1 rings (SSSR count). The Morgan fingerprint density at radius 2 is 2.29 bits per heavy atom. The van der Waals surface area contributed by atoms with Crippen LogP contribution in [-0.2, 0) is 0 Å². The Kier molecular flexibility index (Phi) is 2.81. The number of aryl methyl sites for hydroxylation is 1. The molecule has 14 heavy (non-hydrogen) atoms. The van der Waals surface area contributed by atoms with Crippen molar-refractivity contribution in [2.75, 3.05) is 0 Å². The molecule has 0 aliphatic heterocycles. The Morgan fingerprint density at radius 1 is 1.64 bits per heavy atom. The number of halogens is 1. The highest BCUT2D eigenvalue weighted by Crippen LogP contribution is 2.26. The SMILES string of the molecule is C=COc1cc(C)c([N+](=O)[O-])cc1F. The third-order valence-corrected chi connectivity index (χ3v) is 1.66. The van der Waals surface area contributed by atoms with Crippen LogP contribution in [0.2, 0.25) is 0 Å². The highest BCUT2D eigenvalue weighted by molar-refractivity contribution is 5.45. The zero-order valence-electron chi connectivity index (χ0n) is 7.49. The highest BCUT2D eigenvalue weighted by atomic mass is 19.1. The summed E-state index contributed by atoms with van der Waals surface area (Å²) < 4.78 is 17.8. The van der Waals surface area contributed by atoms with Crippen molar-refractivity contribution in [3.05, 3.63) is 46.5 Å². The van der Waals surface area contributed by atoms with Crippen molar-refractivity contribution in [2.24, 2.45) is 0 Å². The molecular formula is C9H8FNO3. The summed E-state index contributed by atoms with van der Waals surface area (Å²) in [7, 11) is 0. The molecule has 0 aliphatic rings. The number of hydrogen-bond acceptors (Lipinski definition) is 3. The van der Waals surface area contributed by atoms with Gasteiger partial charge >= 0.3 is 0 Å². The summed E-state index contributed by atoms with van der Waals surface area (Å²) in [5.41, 5.74) is 0.0761. The first kappa shape index (κ1) is 10.2. The lowest BCUT2D eigenvalue weighted by molar-refractivity contribution is -0.385. The minimum absolute atomic E-state index is 0.0666. The van der Waals surface area contributed by atoms with E-state index in [4.69, 9.17) is 4.74 Å². The van der Waals surface area contributed by atoms with E-state index in [2.05, 4.69) is 6.58 Å². The average Bonchev–Trinajstić information content (AvgIpc) is 2.10. The van der Waals surface area contributed by atoms with Crippen LogP contribution in [0.25, 0.3) is 0 Å². The van der Waals surface area contributed by atoms with Crippen LogP contribution in [0.1, 0.15) is 5.56 Å². The topological polar surface area (TPSA) is 52.4 Å². The van der Waals surface area contributed by atoms with E-state index >= 15 is 0 Å². The molecule has 4 nitrogen and oxygen atoms in total. The molecule has 0 fully saturated rings. The van der Waals surface area contributed by atoms with Gasteiger partial charge in [0.1, 0.15) is 0 Å². The molecule has 0 saturated heterocycles. The third-order valence-electron chi connectivity index (χ3n) is 1.66. The molecule has 0 unspecified atom stereocenters. The van der Waals surface area contributed by atoms with E-state index < -0.39 is 10.7 Å². The standard InChI is InChI=1S/C9H8FNO3/c1-3-14-9-4-6(2)8(11(12)13)5-7(9)10/h3-5H,1H2,2H3. The lowest BCUT2D eigenvalue weighted by Gasteiger charge is -2.03. The lowest BCUT2D eigenvalue weighted by atomic mass is 10.2. The lowest BCUT2D eigenvalue weighted by Crippen LogP contribution is -1.95. The van der Waals surface area contributed by atoms with Gasteiger partial charge in [-0.25, -0.2) is 4.39 Å². The first-order valence-corrected chi connectivity index (χ1v) is 3.78. The molecule has 1 aromatic rings. The molecule has 5 heteroatoms. The molecule has 1 aromatic carbocycles. The Hall–Kier alpha value is -1.91. The fourth-order valence-electron chi connectivity index (χ4n) is 1.02. The van der Waals surface area contributed by atoms with Gasteiger partial charge in [0.25, 0.3) is 5.69 Å². The Bertz CT molecular complexity index is 390. The molecule has 0 N–H and O–H groups in total. The minimum Gasteiger partial charge on any atom is -0.463 e. The maximum absolute atomic E-state index is 13.1. The van der Waals surface area contributed by atoms with Gasteiger partial charge in [0, 0.05) is 5.56 Å². The monoisotopic (exact) mass is 197 g/mol. The van der Waals surface area contributed by atoms with Crippen LogP contribution in [-0.4, -0.2) is 4.92 Å². The first-order chi connectivity index (χ1) is 6.56. The van der Waals surface area contributed by atoms with Gasteiger partial charge in [-0.1, -0.05) is 6.58 Å². The van der Waals surface area contributed by atoms with Gasteiger partial charge in [0.15, 0.2) is 11.6 Å². The van der Waals surface area contributed by atoms with Crippen LogP contribution in [0.15, 0.2) is 25.0 Å². The predicted octanol–water partition coefficient (Wildman–Crippen LogP) is 2.56. The molecule has 0 saturated carbocycles. The quantitative estimate of drug-likeness (QED) is 0.425. The van der Waals surface area contributed by atoms with Gasteiger partial charge in [0.2, 0.25) is 0 Å². The van der Waals surface area contributed by atoms with Crippen LogP contribution < -0.4 is 4.74 Å². The van der Waals surface area contributed by atoms with E-state index in [1.165, 1.54) is 13.0 Å². The highest BCUT2D eigenvalue weighted by Gasteiger charge is 2.15. The number of benzene rings is 1. The summed E-state index contributed by atoms with van der Waals surface area (Å²) in [6, 6.07) is 2.09. The number of nitro benzene ring substituents is 1. The van der Waals surface area contributed by atoms with Gasteiger partial charge in [-0.2, -0.15) is 0 Å². The van der Waals surface area contributed by atoms with Gasteiger partial charge in [-0.05, 0) is 13.0 Å². The summed E-state index contributed by atoms with van der Waals surface area (Å²) in [5.74, 6) is -0.842.